The molecule has 1 amide bonds. The Labute approximate surface area is 167 Å². The number of methoxy groups -OCH3 is 1. The number of amides is 1. The molecule has 1 aliphatic rings. The van der Waals surface area contributed by atoms with Gasteiger partial charge in [0, 0.05) is 25.9 Å². The Morgan fingerprint density at radius 2 is 1.93 bits per heavy atom. The van der Waals surface area contributed by atoms with E-state index in [1.807, 2.05) is 36.7 Å². The number of carbonyl (C=O) groups excluding carboxylic acids is 1. The number of nitrogens with zero attached hydrogens (tertiary/aromatic N) is 3. The lowest BCUT2D eigenvalue weighted by atomic mass is 9.96. The minimum atomic E-state index is -0.00359. The van der Waals surface area contributed by atoms with Crippen LogP contribution < -0.4 is 5.32 Å². The number of nitrogens with one attached hydrogen (secondary N) is 1. The summed E-state index contributed by atoms with van der Waals surface area (Å²) in [6.45, 7) is 9.25. The molecule has 0 atom stereocenters. The summed E-state index contributed by atoms with van der Waals surface area (Å²) in [4.78, 5) is 15.2. The van der Waals surface area contributed by atoms with Crippen LogP contribution in [-0.2, 0) is 11.3 Å². The second kappa shape index (κ2) is 9.85. The minimum Gasteiger partial charge on any atom is -0.383 e. The Kier molecular flexibility index (Phi) is 7.23. The van der Waals surface area contributed by atoms with E-state index in [9.17, 15) is 4.79 Å². The van der Waals surface area contributed by atoms with Crippen molar-refractivity contribution in [2.45, 2.75) is 33.2 Å². The van der Waals surface area contributed by atoms with E-state index in [0.29, 0.717) is 18.0 Å². The van der Waals surface area contributed by atoms with Crippen LogP contribution in [0, 0.1) is 19.8 Å². The highest BCUT2D eigenvalue weighted by molar-refractivity contribution is 5.96. The molecule has 28 heavy (non-hydrogen) atoms. The molecule has 3 rings (SSSR count). The van der Waals surface area contributed by atoms with E-state index in [-0.39, 0.29) is 5.91 Å². The number of rotatable bonds is 8. The van der Waals surface area contributed by atoms with Crippen molar-refractivity contribution < 1.29 is 9.53 Å². The summed E-state index contributed by atoms with van der Waals surface area (Å²) in [7, 11) is 1.74. The summed E-state index contributed by atoms with van der Waals surface area (Å²) in [5, 5.41) is 7.75. The lowest BCUT2D eigenvalue weighted by Gasteiger charge is -2.31. The average molecular weight is 385 g/mol. The number of ether oxygens (including phenoxy) is 1. The molecule has 1 aromatic carbocycles. The number of aryl methyl sites for hydroxylation is 1. The zero-order valence-corrected chi connectivity index (χ0v) is 17.3. The van der Waals surface area contributed by atoms with E-state index in [2.05, 4.69) is 27.4 Å². The summed E-state index contributed by atoms with van der Waals surface area (Å²) in [5.74, 6) is 0.541. The smallest absolute Gasteiger partial charge is 0.255 e. The largest absolute Gasteiger partial charge is 0.383 e. The summed E-state index contributed by atoms with van der Waals surface area (Å²) < 4.78 is 7.08. The zero-order chi connectivity index (χ0) is 19.9. The third kappa shape index (κ3) is 5.20. The van der Waals surface area contributed by atoms with Gasteiger partial charge in [0.1, 0.15) is 0 Å². The van der Waals surface area contributed by atoms with Crippen LogP contribution in [0.25, 0.3) is 0 Å². The number of likely N-dealkylation sites (tertiary alicyclic amines) is 1. The third-order valence-corrected chi connectivity index (χ3v) is 5.65. The Bertz CT molecular complexity index is 764. The minimum absolute atomic E-state index is 0.00359. The van der Waals surface area contributed by atoms with E-state index in [1.165, 1.54) is 5.56 Å². The van der Waals surface area contributed by atoms with Crippen LogP contribution in [0.2, 0.25) is 0 Å². The van der Waals surface area contributed by atoms with Crippen molar-refractivity contribution in [2.75, 3.05) is 39.9 Å². The number of piperidine rings is 1. The highest BCUT2D eigenvalue weighted by Gasteiger charge is 2.22. The van der Waals surface area contributed by atoms with Gasteiger partial charge in [-0.1, -0.05) is 30.3 Å². The first-order chi connectivity index (χ1) is 13.6. The van der Waals surface area contributed by atoms with Crippen molar-refractivity contribution in [3.63, 3.8) is 0 Å². The lowest BCUT2D eigenvalue weighted by Crippen LogP contribution is -2.40. The first-order valence-corrected chi connectivity index (χ1v) is 10.2. The molecule has 0 aliphatic carbocycles. The molecule has 0 unspecified atom stereocenters. The molecular formula is C22H32N4O2. The maximum Gasteiger partial charge on any atom is 0.255 e. The fourth-order valence-corrected chi connectivity index (χ4v) is 3.90. The predicted molar refractivity (Wildman–Crippen MR) is 111 cm³/mol. The van der Waals surface area contributed by atoms with E-state index in [4.69, 9.17) is 4.74 Å². The molecule has 152 valence electrons. The van der Waals surface area contributed by atoms with Gasteiger partial charge in [-0.2, -0.15) is 5.10 Å². The fraction of sp³-hybridized carbons (Fsp3) is 0.545. The monoisotopic (exact) mass is 384 g/mol. The maximum absolute atomic E-state index is 12.8. The Morgan fingerprint density at radius 1 is 1.21 bits per heavy atom. The third-order valence-electron chi connectivity index (χ3n) is 5.65. The lowest BCUT2D eigenvalue weighted by molar-refractivity contribution is 0.0924. The van der Waals surface area contributed by atoms with Gasteiger partial charge in [-0.25, -0.2) is 0 Å². The van der Waals surface area contributed by atoms with Gasteiger partial charge in [-0.15, -0.1) is 0 Å². The highest BCUT2D eigenvalue weighted by atomic mass is 16.5. The van der Waals surface area contributed by atoms with Crippen LogP contribution in [0.15, 0.2) is 30.3 Å². The van der Waals surface area contributed by atoms with Crippen LogP contribution in [0.3, 0.4) is 0 Å². The molecule has 6 nitrogen and oxygen atoms in total. The molecule has 1 aromatic heterocycles. The van der Waals surface area contributed by atoms with Gasteiger partial charge < -0.3 is 15.0 Å². The molecule has 1 aliphatic heterocycles. The van der Waals surface area contributed by atoms with Crippen LogP contribution in [0.5, 0.6) is 0 Å². The molecule has 6 heteroatoms. The maximum atomic E-state index is 12.8. The van der Waals surface area contributed by atoms with Crippen LogP contribution in [0.4, 0.5) is 0 Å². The Morgan fingerprint density at radius 3 is 2.61 bits per heavy atom. The fourth-order valence-electron chi connectivity index (χ4n) is 3.90. The van der Waals surface area contributed by atoms with Crippen LogP contribution >= 0.6 is 0 Å². The quantitative estimate of drug-likeness (QED) is 0.760. The van der Waals surface area contributed by atoms with Gasteiger partial charge in [-0.05, 0) is 51.3 Å². The Balaban J connectivity index is 1.53. The van der Waals surface area contributed by atoms with Gasteiger partial charge >= 0.3 is 0 Å². The van der Waals surface area contributed by atoms with Crippen molar-refractivity contribution in [3.8, 4) is 0 Å². The second-order valence-corrected chi connectivity index (χ2v) is 7.68. The summed E-state index contributed by atoms with van der Waals surface area (Å²) in [6, 6.07) is 10.2. The Hall–Kier alpha value is -2.18. The van der Waals surface area contributed by atoms with E-state index >= 15 is 0 Å². The van der Waals surface area contributed by atoms with Gasteiger partial charge in [0.2, 0.25) is 0 Å². The van der Waals surface area contributed by atoms with Crippen molar-refractivity contribution in [1.29, 1.82) is 0 Å². The number of hydrogen-bond donors (Lipinski definition) is 1. The molecule has 2 heterocycles. The van der Waals surface area contributed by atoms with Gasteiger partial charge in [-0.3, -0.25) is 9.48 Å². The van der Waals surface area contributed by atoms with E-state index in [0.717, 1.165) is 57.0 Å². The van der Waals surface area contributed by atoms with Crippen molar-refractivity contribution in [3.05, 3.63) is 52.8 Å². The van der Waals surface area contributed by atoms with Crippen LogP contribution in [-0.4, -0.2) is 60.5 Å². The normalized spacial score (nSPS) is 15.7. The van der Waals surface area contributed by atoms with Crippen molar-refractivity contribution >= 4 is 5.91 Å². The molecule has 0 bridgehead atoms. The number of aromatic nitrogens is 2. The molecular weight excluding hydrogens is 352 g/mol. The number of hydrogen-bond acceptors (Lipinski definition) is 4. The number of carbonyl (C=O) groups is 1. The molecule has 0 radical (unpaired) electrons. The highest BCUT2D eigenvalue weighted by Crippen LogP contribution is 2.18. The van der Waals surface area contributed by atoms with Crippen molar-refractivity contribution in [1.82, 2.24) is 20.0 Å². The second-order valence-electron chi connectivity index (χ2n) is 7.68. The molecule has 1 N–H and O–H groups in total. The summed E-state index contributed by atoms with van der Waals surface area (Å²) in [6.07, 6.45) is 2.24. The summed E-state index contributed by atoms with van der Waals surface area (Å²) in [5.41, 5.74) is 3.61. The molecule has 1 saturated heterocycles. The van der Waals surface area contributed by atoms with Crippen LogP contribution in [0.1, 0.15) is 40.2 Å². The predicted octanol–water partition coefficient (Wildman–Crippen LogP) is 2.64. The van der Waals surface area contributed by atoms with Gasteiger partial charge in [0.15, 0.2) is 0 Å². The topological polar surface area (TPSA) is 59.4 Å². The summed E-state index contributed by atoms with van der Waals surface area (Å²) >= 11 is 0. The molecule has 0 spiro atoms. The van der Waals surface area contributed by atoms with Gasteiger partial charge in [0.05, 0.1) is 24.4 Å². The zero-order valence-electron chi connectivity index (χ0n) is 17.3. The molecule has 0 saturated carbocycles. The SMILES string of the molecule is COCCN1CCC(CNC(=O)c2c(C)nn(Cc3ccccc3)c2C)CC1. The van der Waals surface area contributed by atoms with Gasteiger partial charge in [0.25, 0.3) is 5.91 Å². The standard InChI is InChI=1S/C22H32N4O2/c1-17-21(18(2)26(24-17)16-20-7-5-4-6-8-20)22(27)23-15-19-9-11-25(12-10-19)13-14-28-3/h4-8,19H,9-16H2,1-3H3,(H,23,27). The van der Waals surface area contributed by atoms with E-state index < -0.39 is 0 Å². The first-order valence-electron chi connectivity index (χ1n) is 10.2. The van der Waals surface area contributed by atoms with Crippen molar-refractivity contribution in [2.24, 2.45) is 5.92 Å². The first kappa shape index (κ1) is 20.6. The number of benzene rings is 1. The average Bonchev–Trinajstić information content (AvgIpc) is 2.99. The molecule has 2 aromatic rings. The van der Waals surface area contributed by atoms with E-state index in [1.54, 1.807) is 7.11 Å². The molecule has 1 fully saturated rings.